The summed E-state index contributed by atoms with van der Waals surface area (Å²) < 4.78 is 0. The fourth-order valence-electron chi connectivity index (χ4n) is 2.85. The summed E-state index contributed by atoms with van der Waals surface area (Å²) in [5.41, 5.74) is 12.2. The number of aliphatic carboxylic acids is 1. The van der Waals surface area contributed by atoms with Crippen LogP contribution in [0, 0.1) is 17.8 Å². The summed E-state index contributed by atoms with van der Waals surface area (Å²) in [5, 5.41) is 12.6. The zero-order valence-electron chi connectivity index (χ0n) is 13.3. The molecule has 122 valence electrons. The fourth-order valence-corrected chi connectivity index (χ4v) is 2.85. The van der Waals surface area contributed by atoms with Crippen LogP contribution < -0.4 is 16.8 Å². The van der Waals surface area contributed by atoms with Crippen molar-refractivity contribution in [3.63, 3.8) is 0 Å². The topological polar surface area (TPSA) is 101 Å². The van der Waals surface area contributed by atoms with Crippen LogP contribution in [-0.2, 0) is 4.79 Å². The molecule has 0 spiro atoms. The van der Waals surface area contributed by atoms with E-state index in [-0.39, 0.29) is 5.92 Å². The maximum absolute atomic E-state index is 11.3. The normalized spacial score (nSPS) is 26.1. The average molecular weight is 297 g/mol. The van der Waals surface area contributed by atoms with Gasteiger partial charge in [0.05, 0.1) is 5.92 Å². The first-order valence-corrected chi connectivity index (χ1v) is 8.05. The summed E-state index contributed by atoms with van der Waals surface area (Å²) >= 11 is 0. The van der Waals surface area contributed by atoms with Gasteiger partial charge in [0.15, 0.2) is 0 Å². The quantitative estimate of drug-likeness (QED) is 0.549. The van der Waals surface area contributed by atoms with Crippen molar-refractivity contribution >= 4 is 5.97 Å². The summed E-state index contributed by atoms with van der Waals surface area (Å²) in [6, 6.07) is 0.478. The molecule has 6 N–H and O–H groups in total. The number of hydrogen-bond acceptors (Lipinski definition) is 4. The van der Waals surface area contributed by atoms with Crippen molar-refractivity contribution in [2.45, 2.75) is 58.4 Å². The molecular weight excluding hydrogens is 266 g/mol. The highest BCUT2D eigenvalue weighted by atomic mass is 16.4. The number of nitrogens with two attached hydrogens (primary N) is 2. The number of carboxylic acid groups (broad SMARTS) is 1. The predicted molar refractivity (Wildman–Crippen MR) is 85.4 cm³/mol. The zero-order chi connectivity index (χ0) is 15.8. The molecule has 5 nitrogen and oxygen atoms in total. The number of allylic oxidation sites excluding steroid dienone is 1. The van der Waals surface area contributed by atoms with E-state index in [4.69, 9.17) is 11.5 Å². The minimum atomic E-state index is -0.793. The molecule has 1 aliphatic rings. The highest BCUT2D eigenvalue weighted by Gasteiger charge is 2.21. The zero-order valence-corrected chi connectivity index (χ0v) is 13.3. The summed E-state index contributed by atoms with van der Waals surface area (Å²) in [5.74, 6) is -0.226. The lowest BCUT2D eigenvalue weighted by Gasteiger charge is -2.26. The lowest BCUT2D eigenvalue weighted by Crippen LogP contribution is -2.30. The number of carbonyl (C=O) groups is 1. The van der Waals surface area contributed by atoms with Crippen LogP contribution in [0.15, 0.2) is 11.9 Å². The number of carboxylic acids is 1. The van der Waals surface area contributed by atoms with Crippen LogP contribution in [0.25, 0.3) is 0 Å². The number of rotatable bonds is 8. The molecular formula is C16H31N3O2. The molecule has 0 unspecified atom stereocenters. The standard InChI is InChI=1S/C16H31N3O2/c1-11-3-5-15(6-4-11)19-10-14(18)8-13(16(20)21)7-12(2)9-17/h10-13,15,19H,3-9,17-18H2,1-2H3,(H,20,21)/b14-10-/t11?,12-,13+,15?/m0/s1. The maximum atomic E-state index is 11.3. The minimum absolute atomic E-state index is 0.201. The molecule has 5 heteroatoms. The molecule has 0 aromatic heterocycles. The fraction of sp³-hybridized carbons (Fsp3) is 0.812. The van der Waals surface area contributed by atoms with Crippen molar-refractivity contribution in [1.82, 2.24) is 5.32 Å². The molecule has 0 aliphatic heterocycles. The monoisotopic (exact) mass is 297 g/mol. The highest BCUT2D eigenvalue weighted by molar-refractivity contribution is 5.70. The van der Waals surface area contributed by atoms with Crippen LogP contribution in [0.1, 0.15) is 52.4 Å². The van der Waals surface area contributed by atoms with E-state index in [1.54, 1.807) is 0 Å². The lowest BCUT2D eigenvalue weighted by molar-refractivity contribution is -0.142. The molecule has 0 heterocycles. The van der Waals surface area contributed by atoms with Gasteiger partial charge in [0.1, 0.15) is 0 Å². The third-order valence-corrected chi connectivity index (χ3v) is 4.44. The molecule has 0 bridgehead atoms. The van der Waals surface area contributed by atoms with E-state index < -0.39 is 11.9 Å². The van der Waals surface area contributed by atoms with E-state index in [9.17, 15) is 9.90 Å². The van der Waals surface area contributed by atoms with E-state index in [0.717, 1.165) is 18.8 Å². The van der Waals surface area contributed by atoms with Gasteiger partial charge in [0.2, 0.25) is 0 Å². The van der Waals surface area contributed by atoms with Gasteiger partial charge in [0.25, 0.3) is 0 Å². The molecule has 0 aromatic rings. The van der Waals surface area contributed by atoms with Gasteiger partial charge < -0.3 is 21.9 Å². The van der Waals surface area contributed by atoms with Crippen molar-refractivity contribution < 1.29 is 9.90 Å². The Hall–Kier alpha value is -1.23. The second kappa shape index (κ2) is 8.93. The van der Waals surface area contributed by atoms with Gasteiger partial charge in [0, 0.05) is 24.4 Å². The molecule has 1 aliphatic carbocycles. The number of hydrogen-bond donors (Lipinski definition) is 4. The summed E-state index contributed by atoms with van der Waals surface area (Å²) in [7, 11) is 0. The van der Waals surface area contributed by atoms with Crippen molar-refractivity contribution in [3.8, 4) is 0 Å². The smallest absolute Gasteiger partial charge is 0.306 e. The van der Waals surface area contributed by atoms with Gasteiger partial charge in [-0.15, -0.1) is 0 Å². The summed E-state index contributed by atoms with van der Waals surface area (Å²) in [4.78, 5) is 11.3. The minimum Gasteiger partial charge on any atom is -0.481 e. The van der Waals surface area contributed by atoms with Gasteiger partial charge in [-0.1, -0.05) is 13.8 Å². The molecule has 2 atom stereocenters. The Morgan fingerprint density at radius 3 is 2.52 bits per heavy atom. The molecule has 1 saturated carbocycles. The Morgan fingerprint density at radius 2 is 2.00 bits per heavy atom. The molecule has 0 aromatic carbocycles. The van der Waals surface area contributed by atoms with E-state index in [1.165, 1.54) is 12.8 Å². The van der Waals surface area contributed by atoms with Crippen molar-refractivity contribution in [1.29, 1.82) is 0 Å². The third kappa shape index (κ3) is 6.85. The Labute approximate surface area is 128 Å². The molecule has 21 heavy (non-hydrogen) atoms. The van der Waals surface area contributed by atoms with Gasteiger partial charge >= 0.3 is 5.97 Å². The van der Waals surface area contributed by atoms with E-state index in [1.807, 2.05) is 13.1 Å². The average Bonchev–Trinajstić information content (AvgIpc) is 2.45. The van der Waals surface area contributed by atoms with Crippen molar-refractivity contribution in [2.75, 3.05) is 6.54 Å². The Morgan fingerprint density at radius 1 is 1.38 bits per heavy atom. The van der Waals surface area contributed by atoms with E-state index in [0.29, 0.717) is 31.1 Å². The van der Waals surface area contributed by atoms with Crippen LogP contribution in [0.2, 0.25) is 0 Å². The van der Waals surface area contributed by atoms with Crippen LogP contribution in [0.5, 0.6) is 0 Å². The summed E-state index contributed by atoms with van der Waals surface area (Å²) in [6.45, 7) is 4.76. The van der Waals surface area contributed by atoms with Gasteiger partial charge in [-0.25, -0.2) is 0 Å². The molecule has 1 fully saturated rings. The first-order valence-electron chi connectivity index (χ1n) is 8.05. The van der Waals surface area contributed by atoms with Crippen LogP contribution in [0.4, 0.5) is 0 Å². The van der Waals surface area contributed by atoms with Crippen molar-refractivity contribution in [3.05, 3.63) is 11.9 Å². The highest BCUT2D eigenvalue weighted by Crippen LogP contribution is 2.23. The van der Waals surface area contributed by atoms with E-state index >= 15 is 0 Å². The Bertz CT molecular complexity index is 349. The van der Waals surface area contributed by atoms with Crippen LogP contribution >= 0.6 is 0 Å². The molecule has 0 radical (unpaired) electrons. The van der Waals surface area contributed by atoms with Gasteiger partial charge in [-0.05, 0) is 50.5 Å². The van der Waals surface area contributed by atoms with Crippen molar-refractivity contribution in [2.24, 2.45) is 29.2 Å². The first-order chi connectivity index (χ1) is 9.92. The van der Waals surface area contributed by atoms with Crippen LogP contribution in [-0.4, -0.2) is 23.7 Å². The van der Waals surface area contributed by atoms with Crippen LogP contribution in [0.3, 0.4) is 0 Å². The van der Waals surface area contributed by atoms with E-state index in [2.05, 4.69) is 12.2 Å². The number of nitrogens with one attached hydrogen (secondary N) is 1. The predicted octanol–water partition coefficient (Wildman–Crippen LogP) is 2.03. The Balaban J connectivity index is 2.43. The third-order valence-electron chi connectivity index (χ3n) is 4.44. The van der Waals surface area contributed by atoms with Gasteiger partial charge in [-0.3, -0.25) is 4.79 Å². The molecule has 0 amide bonds. The lowest BCUT2D eigenvalue weighted by atomic mass is 9.87. The second-order valence-electron chi connectivity index (χ2n) is 6.66. The second-order valence-corrected chi connectivity index (χ2v) is 6.66. The Kier molecular flexibility index (Phi) is 7.57. The maximum Gasteiger partial charge on any atom is 0.306 e. The SMILES string of the molecule is CC1CCC(N/C=C(\N)C[C@@H](C[C@H](C)CN)C(=O)O)CC1. The summed E-state index contributed by atoms with van der Waals surface area (Å²) in [6.07, 6.45) is 7.59. The largest absolute Gasteiger partial charge is 0.481 e. The van der Waals surface area contributed by atoms with Gasteiger partial charge in [-0.2, -0.15) is 0 Å². The molecule has 1 rings (SSSR count). The first kappa shape index (κ1) is 17.8. The molecule has 0 saturated heterocycles.